The molecule has 2 aromatic carbocycles. The van der Waals surface area contributed by atoms with E-state index in [1.54, 1.807) is 0 Å². The van der Waals surface area contributed by atoms with Gasteiger partial charge in [-0.3, -0.25) is 4.79 Å². The van der Waals surface area contributed by atoms with Crippen LogP contribution in [0.2, 0.25) is 5.02 Å². The van der Waals surface area contributed by atoms with E-state index in [-0.39, 0.29) is 16.1 Å². The average molecular weight is 300 g/mol. The number of hydrogen-bond donors (Lipinski definition) is 1. The third-order valence-corrected chi connectivity index (χ3v) is 3.08. The van der Waals surface area contributed by atoms with E-state index in [1.165, 1.54) is 30.3 Å². The smallest absolute Gasteiger partial charge is 0.366 e. The summed E-state index contributed by atoms with van der Waals surface area (Å²) in [6.45, 7) is 0. The van der Waals surface area contributed by atoms with Crippen molar-refractivity contribution in [2.24, 2.45) is 5.73 Å². The third kappa shape index (κ3) is 2.93. The molecule has 104 valence electrons. The lowest BCUT2D eigenvalue weighted by atomic mass is 10.0. The molecule has 0 aliphatic rings. The molecule has 6 heteroatoms. The van der Waals surface area contributed by atoms with Crippen molar-refractivity contribution in [3.05, 3.63) is 58.6 Å². The van der Waals surface area contributed by atoms with Crippen LogP contribution in [0.4, 0.5) is 13.2 Å². The maximum absolute atomic E-state index is 12.7. The van der Waals surface area contributed by atoms with Crippen molar-refractivity contribution in [1.82, 2.24) is 0 Å². The molecule has 0 saturated heterocycles. The van der Waals surface area contributed by atoms with Gasteiger partial charge in [0.25, 0.3) is 0 Å². The summed E-state index contributed by atoms with van der Waals surface area (Å²) in [7, 11) is 0. The van der Waals surface area contributed by atoms with Crippen molar-refractivity contribution in [1.29, 1.82) is 0 Å². The minimum atomic E-state index is -4.44. The number of carbonyl (C=O) groups excluding carboxylic acids is 1. The molecule has 2 rings (SSSR count). The Morgan fingerprint density at radius 2 is 1.80 bits per heavy atom. The Labute approximate surface area is 118 Å². The zero-order chi connectivity index (χ0) is 14.9. The fraction of sp³-hybridized carbons (Fsp3) is 0.0714. The maximum atomic E-state index is 12.7. The number of halogens is 4. The van der Waals surface area contributed by atoms with Crippen LogP contribution < -0.4 is 5.73 Å². The Balaban J connectivity index is 2.57. The average Bonchev–Trinajstić information content (AvgIpc) is 2.38. The predicted molar refractivity (Wildman–Crippen MR) is 70.4 cm³/mol. The molecule has 0 heterocycles. The minimum Gasteiger partial charge on any atom is -0.366 e. The molecule has 0 aromatic heterocycles. The second kappa shape index (κ2) is 5.17. The Morgan fingerprint density at radius 3 is 2.40 bits per heavy atom. The largest absolute Gasteiger partial charge is 0.416 e. The van der Waals surface area contributed by atoms with E-state index in [0.717, 1.165) is 12.1 Å². The second-order valence-corrected chi connectivity index (χ2v) is 4.54. The van der Waals surface area contributed by atoms with E-state index in [9.17, 15) is 18.0 Å². The standard InChI is InChI=1S/C14H9ClF3NO/c15-12-5-4-9(13(19)20)7-11(12)8-2-1-3-10(6-8)14(16,17)18/h1-7H,(H2,19,20). The van der Waals surface area contributed by atoms with Gasteiger partial charge in [0.05, 0.1) is 5.56 Å². The highest BCUT2D eigenvalue weighted by molar-refractivity contribution is 6.33. The molecule has 0 saturated carbocycles. The summed E-state index contributed by atoms with van der Waals surface area (Å²) in [5.41, 5.74) is 5.15. The van der Waals surface area contributed by atoms with E-state index in [2.05, 4.69) is 0 Å². The van der Waals surface area contributed by atoms with Gasteiger partial charge in [0.1, 0.15) is 0 Å². The summed E-state index contributed by atoms with van der Waals surface area (Å²) in [6, 6.07) is 8.94. The van der Waals surface area contributed by atoms with Gasteiger partial charge >= 0.3 is 6.18 Å². The highest BCUT2D eigenvalue weighted by Crippen LogP contribution is 2.34. The zero-order valence-electron chi connectivity index (χ0n) is 10.0. The first-order valence-electron chi connectivity index (χ1n) is 5.56. The number of nitrogens with two attached hydrogens (primary N) is 1. The van der Waals surface area contributed by atoms with Crippen molar-refractivity contribution in [3.8, 4) is 11.1 Å². The SMILES string of the molecule is NC(=O)c1ccc(Cl)c(-c2cccc(C(F)(F)F)c2)c1. The van der Waals surface area contributed by atoms with Gasteiger partial charge in [-0.25, -0.2) is 0 Å². The van der Waals surface area contributed by atoms with Gasteiger partial charge in [0, 0.05) is 16.1 Å². The molecular formula is C14H9ClF3NO. The summed E-state index contributed by atoms with van der Waals surface area (Å²) in [6.07, 6.45) is -4.44. The summed E-state index contributed by atoms with van der Waals surface area (Å²) in [4.78, 5) is 11.1. The van der Waals surface area contributed by atoms with Crippen molar-refractivity contribution in [2.75, 3.05) is 0 Å². The molecule has 2 nitrogen and oxygen atoms in total. The van der Waals surface area contributed by atoms with Crippen molar-refractivity contribution < 1.29 is 18.0 Å². The molecule has 0 bridgehead atoms. The fourth-order valence-electron chi connectivity index (χ4n) is 1.76. The predicted octanol–water partition coefficient (Wildman–Crippen LogP) is 4.12. The maximum Gasteiger partial charge on any atom is 0.416 e. The molecule has 20 heavy (non-hydrogen) atoms. The molecular weight excluding hydrogens is 291 g/mol. The number of alkyl halides is 3. The van der Waals surface area contributed by atoms with Crippen molar-refractivity contribution in [2.45, 2.75) is 6.18 Å². The van der Waals surface area contributed by atoms with Crippen LogP contribution in [0.25, 0.3) is 11.1 Å². The molecule has 0 fully saturated rings. The highest BCUT2D eigenvalue weighted by Gasteiger charge is 2.30. The number of primary amides is 1. The van der Waals surface area contributed by atoms with E-state index in [4.69, 9.17) is 17.3 Å². The topological polar surface area (TPSA) is 43.1 Å². The molecule has 2 N–H and O–H groups in total. The molecule has 0 aliphatic carbocycles. The Bertz CT molecular complexity index is 668. The second-order valence-electron chi connectivity index (χ2n) is 4.14. The van der Waals surface area contributed by atoms with Gasteiger partial charge in [-0.2, -0.15) is 13.2 Å². The Kier molecular flexibility index (Phi) is 3.72. The number of rotatable bonds is 2. The molecule has 0 aliphatic heterocycles. The molecule has 0 atom stereocenters. The van der Waals surface area contributed by atoms with Gasteiger partial charge in [-0.05, 0) is 35.9 Å². The van der Waals surface area contributed by atoms with Crippen LogP contribution in [0, 0.1) is 0 Å². The lowest BCUT2D eigenvalue weighted by Crippen LogP contribution is -2.10. The number of hydrogen-bond acceptors (Lipinski definition) is 1. The van der Waals surface area contributed by atoms with Gasteiger partial charge in [-0.1, -0.05) is 23.7 Å². The van der Waals surface area contributed by atoms with E-state index >= 15 is 0 Å². The van der Waals surface area contributed by atoms with Crippen LogP contribution in [-0.4, -0.2) is 5.91 Å². The Morgan fingerprint density at radius 1 is 1.10 bits per heavy atom. The fourth-order valence-corrected chi connectivity index (χ4v) is 1.99. The van der Waals surface area contributed by atoms with Gasteiger partial charge in [-0.15, -0.1) is 0 Å². The minimum absolute atomic E-state index is 0.182. The van der Waals surface area contributed by atoms with Crippen LogP contribution in [0.1, 0.15) is 15.9 Å². The van der Waals surface area contributed by atoms with Crippen LogP contribution in [-0.2, 0) is 6.18 Å². The molecule has 0 unspecified atom stereocenters. The Hall–Kier alpha value is -2.01. The van der Waals surface area contributed by atoms with E-state index in [1.807, 2.05) is 0 Å². The van der Waals surface area contributed by atoms with Crippen molar-refractivity contribution in [3.63, 3.8) is 0 Å². The van der Waals surface area contributed by atoms with E-state index in [0.29, 0.717) is 5.56 Å². The highest BCUT2D eigenvalue weighted by atomic mass is 35.5. The summed E-state index contributed by atoms with van der Waals surface area (Å²) in [5.74, 6) is -0.671. The summed E-state index contributed by atoms with van der Waals surface area (Å²) < 4.78 is 38.1. The van der Waals surface area contributed by atoms with Crippen LogP contribution in [0.3, 0.4) is 0 Å². The monoisotopic (exact) mass is 299 g/mol. The van der Waals surface area contributed by atoms with Crippen LogP contribution in [0.5, 0.6) is 0 Å². The first kappa shape index (κ1) is 14.4. The third-order valence-electron chi connectivity index (χ3n) is 2.75. The zero-order valence-corrected chi connectivity index (χ0v) is 10.8. The normalized spacial score (nSPS) is 11.4. The molecule has 0 radical (unpaired) electrons. The molecule has 1 amide bonds. The number of carbonyl (C=O) groups is 1. The summed E-state index contributed by atoms with van der Waals surface area (Å²) in [5, 5.41) is 0.245. The first-order valence-corrected chi connectivity index (χ1v) is 5.94. The van der Waals surface area contributed by atoms with Gasteiger partial charge in [0.15, 0.2) is 0 Å². The summed E-state index contributed by atoms with van der Waals surface area (Å²) >= 11 is 5.97. The number of amides is 1. The van der Waals surface area contributed by atoms with Gasteiger partial charge < -0.3 is 5.73 Å². The van der Waals surface area contributed by atoms with Crippen molar-refractivity contribution >= 4 is 17.5 Å². The van der Waals surface area contributed by atoms with Crippen LogP contribution in [0.15, 0.2) is 42.5 Å². The first-order chi connectivity index (χ1) is 9.29. The number of benzene rings is 2. The lowest BCUT2D eigenvalue weighted by molar-refractivity contribution is -0.137. The molecule has 2 aromatic rings. The quantitative estimate of drug-likeness (QED) is 0.890. The van der Waals surface area contributed by atoms with Crippen LogP contribution >= 0.6 is 11.6 Å². The molecule has 0 spiro atoms. The lowest BCUT2D eigenvalue weighted by Gasteiger charge is -2.10. The van der Waals surface area contributed by atoms with Gasteiger partial charge in [0.2, 0.25) is 5.91 Å². The van der Waals surface area contributed by atoms with E-state index < -0.39 is 17.6 Å².